The standard InChI is InChI=1S/C18H17Cl2N3O3S/c1-27(24,25)23-15-3-2-4-16(11-15)26-17(18-21-5-6-22-18)9-12-7-13(19)10-14(20)8-12/h2-8,10-11,17,23H,9H2,1H3,(H,21,22). The molecule has 0 aliphatic heterocycles. The largest absolute Gasteiger partial charge is 0.482 e. The molecule has 0 saturated carbocycles. The van der Waals surface area contributed by atoms with Crippen molar-refractivity contribution in [3.05, 3.63) is 76.3 Å². The minimum absolute atomic E-state index is 0.416. The van der Waals surface area contributed by atoms with Gasteiger partial charge in [0.2, 0.25) is 10.0 Å². The average Bonchev–Trinajstić information content (AvgIpc) is 3.06. The SMILES string of the molecule is CS(=O)(=O)Nc1cccc(OC(Cc2cc(Cl)cc(Cl)c2)c2ncc[nH]2)c1. The Morgan fingerprint density at radius 1 is 1.19 bits per heavy atom. The van der Waals surface area contributed by atoms with Gasteiger partial charge in [0.05, 0.1) is 11.9 Å². The smallest absolute Gasteiger partial charge is 0.229 e. The predicted molar refractivity (Wildman–Crippen MR) is 107 cm³/mol. The first kappa shape index (κ1) is 19.5. The summed E-state index contributed by atoms with van der Waals surface area (Å²) in [5.41, 5.74) is 1.30. The van der Waals surface area contributed by atoms with Crippen LogP contribution in [0, 0.1) is 0 Å². The Bertz CT molecular complexity index is 1000. The van der Waals surface area contributed by atoms with Crippen molar-refractivity contribution in [2.75, 3.05) is 11.0 Å². The number of rotatable bonds is 7. The molecule has 1 heterocycles. The van der Waals surface area contributed by atoms with Crippen LogP contribution < -0.4 is 9.46 Å². The molecule has 2 N–H and O–H groups in total. The van der Waals surface area contributed by atoms with Crippen molar-refractivity contribution in [3.63, 3.8) is 0 Å². The number of nitrogens with one attached hydrogen (secondary N) is 2. The van der Waals surface area contributed by atoms with Crippen molar-refractivity contribution < 1.29 is 13.2 Å². The van der Waals surface area contributed by atoms with Gasteiger partial charge in [-0.25, -0.2) is 13.4 Å². The van der Waals surface area contributed by atoms with E-state index in [1.165, 1.54) is 0 Å². The second-order valence-corrected chi connectivity index (χ2v) is 8.59. The zero-order valence-corrected chi connectivity index (χ0v) is 16.6. The van der Waals surface area contributed by atoms with E-state index in [9.17, 15) is 8.42 Å². The number of hydrogen-bond acceptors (Lipinski definition) is 4. The first-order valence-corrected chi connectivity index (χ1v) is 10.6. The van der Waals surface area contributed by atoms with E-state index in [1.54, 1.807) is 42.7 Å². The van der Waals surface area contributed by atoms with E-state index >= 15 is 0 Å². The lowest BCUT2D eigenvalue weighted by atomic mass is 10.1. The van der Waals surface area contributed by atoms with E-state index in [1.807, 2.05) is 12.1 Å². The molecule has 2 aromatic carbocycles. The molecule has 0 spiro atoms. The first-order chi connectivity index (χ1) is 12.8. The van der Waals surface area contributed by atoms with Crippen LogP contribution in [0.4, 0.5) is 5.69 Å². The lowest BCUT2D eigenvalue weighted by molar-refractivity contribution is 0.197. The quantitative estimate of drug-likeness (QED) is 0.585. The second-order valence-electron chi connectivity index (χ2n) is 5.96. The Hall–Kier alpha value is -2.22. The zero-order chi connectivity index (χ0) is 19.4. The molecule has 0 aliphatic carbocycles. The normalized spacial score (nSPS) is 12.6. The van der Waals surface area contributed by atoms with E-state index in [-0.39, 0.29) is 0 Å². The lowest BCUT2D eigenvalue weighted by Gasteiger charge is -2.18. The van der Waals surface area contributed by atoms with Crippen molar-refractivity contribution in [3.8, 4) is 5.75 Å². The Morgan fingerprint density at radius 2 is 1.93 bits per heavy atom. The Kier molecular flexibility index (Phi) is 5.94. The molecule has 9 heteroatoms. The molecule has 0 fully saturated rings. The molecule has 1 aromatic heterocycles. The molecule has 3 aromatic rings. The maximum absolute atomic E-state index is 11.4. The molecule has 1 atom stereocenters. The van der Waals surface area contributed by atoms with Crippen LogP contribution in [0.2, 0.25) is 10.0 Å². The van der Waals surface area contributed by atoms with Crippen molar-refractivity contribution >= 4 is 38.9 Å². The number of ether oxygens (including phenoxy) is 1. The molecule has 142 valence electrons. The third-order valence-electron chi connectivity index (χ3n) is 3.58. The van der Waals surface area contributed by atoms with E-state index in [2.05, 4.69) is 14.7 Å². The van der Waals surface area contributed by atoms with E-state index < -0.39 is 16.1 Å². The summed E-state index contributed by atoms with van der Waals surface area (Å²) in [5, 5.41) is 1.07. The van der Waals surface area contributed by atoms with Gasteiger partial charge in [-0.15, -0.1) is 0 Å². The Balaban J connectivity index is 1.86. The second kappa shape index (κ2) is 8.21. The number of nitrogens with zero attached hydrogens (tertiary/aromatic N) is 1. The highest BCUT2D eigenvalue weighted by molar-refractivity contribution is 7.92. The van der Waals surface area contributed by atoms with Crippen LogP contribution in [0.3, 0.4) is 0 Å². The summed E-state index contributed by atoms with van der Waals surface area (Å²) < 4.78 is 31.4. The fraction of sp³-hybridized carbons (Fsp3) is 0.167. The molecule has 1 unspecified atom stereocenters. The highest BCUT2D eigenvalue weighted by Crippen LogP contribution is 2.28. The van der Waals surface area contributed by atoms with Crippen LogP contribution in [-0.4, -0.2) is 24.6 Å². The molecule has 27 heavy (non-hydrogen) atoms. The maximum Gasteiger partial charge on any atom is 0.229 e. The maximum atomic E-state index is 11.4. The van der Waals surface area contributed by atoms with Crippen LogP contribution in [0.15, 0.2) is 54.9 Å². The number of anilines is 1. The number of aromatic nitrogens is 2. The average molecular weight is 426 g/mol. The van der Waals surface area contributed by atoms with Gasteiger partial charge in [0.15, 0.2) is 6.10 Å². The van der Waals surface area contributed by atoms with E-state index in [0.29, 0.717) is 33.7 Å². The van der Waals surface area contributed by atoms with Crippen molar-refractivity contribution in [2.24, 2.45) is 0 Å². The molecule has 3 rings (SSSR count). The zero-order valence-electron chi connectivity index (χ0n) is 14.3. The lowest BCUT2D eigenvalue weighted by Crippen LogP contribution is -2.13. The van der Waals surface area contributed by atoms with Crippen LogP contribution in [0.1, 0.15) is 17.5 Å². The highest BCUT2D eigenvalue weighted by Gasteiger charge is 2.18. The number of imidazole rings is 1. The summed E-state index contributed by atoms with van der Waals surface area (Å²) in [6, 6.07) is 12.0. The predicted octanol–water partition coefficient (Wildman–Crippen LogP) is 4.45. The summed E-state index contributed by atoms with van der Waals surface area (Å²) in [7, 11) is -3.38. The number of sulfonamides is 1. The van der Waals surface area contributed by atoms with Gasteiger partial charge in [-0.2, -0.15) is 0 Å². The minimum atomic E-state index is -3.38. The number of benzene rings is 2. The van der Waals surface area contributed by atoms with Crippen molar-refractivity contribution in [1.82, 2.24) is 9.97 Å². The molecule has 0 aliphatic rings. The molecular formula is C18H17Cl2N3O3S. The Labute approximate surface area is 167 Å². The molecule has 0 amide bonds. The van der Waals surface area contributed by atoms with E-state index in [4.69, 9.17) is 27.9 Å². The summed E-state index contributed by atoms with van der Waals surface area (Å²) in [6.07, 6.45) is 4.46. The molecular weight excluding hydrogens is 409 g/mol. The summed E-state index contributed by atoms with van der Waals surface area (Å²) >= 11 is 12.2. The number of H-pyrrole nitrogens is 1. The van der Waals surface area contributed by atoms with Gasteiger partial charge in [0, 0.05) is 34.9 Å². The van der Waals surface area contributed by atoms with Crippen LogP contribution in [0.5, 0.6) is 5.75 Å². The topological polar surface area (TPSA) is 84.1 Å². The summed E-state index contributed by atoms with van der Waals surface area (Å²) in [5.74, 6) is 1.13. The Morgan fingerprint density at radius 3 is 2.56 bits per heavy atom. The summed E-state index contributed by atoms with van der Waals surface area (Å²) in [6.45, 7) is 0. The fourth-order valence-corrected chi connectivity index (χ4v) is 3.73. The van der Waals surface area contributed by atoms with E-state index in [0.717, 1.165) is 11.8 Å². The van der Waals surface area contributed by atoms with Gasteiger partial charge in [-0.1, -0.05) is 29.3 Å². The molecule has 0 bridgehead atoms. The fourth-order valence-electron chi connectivity index (χ4n) is 2.60. The van der Waals surface area contributed by atoms with Gasteiger partial charge in [-0.3, -0.25) is 4.72 Å². The monoisotopic (exact) mass is 425 g/mol. The summed E-state index contributed by atoms with van der Waals surface area (Å²) in [4.78, 5) is 7.32. The number of halogens is 2. The van der Waals surface area contributed by atoms with Gasteiger partial charge < -0.3 is 9.72 Å². The first-order valence-electron chi connectivity index (χ1n) is 7.97. The van der Waals surface area contributed by atoms with Gasteiger partial charge in [0.25, 0.3) is 0 Å². The van der Waals surface area contributed by atoms with Crippen molar-refractivity contribution in [2.45, 2.75) is 12.5 Å². The molecule has 6 nitrogen and oxygen atoms in total. The molecule has 0 saturated heterocycles. The van der Waals surface area contributed by atoms with Crippen molar-refractivity contribution in [1.29, 1.82) is 0 Å². The third-order valence-corrected chi connectivity index (χ3v) is 4.63. The highest BCUT2D eigenvalue weighted by atomic mass is 35.5. The third kappa shape index (κ3) is 5.89. The van der Waals surface area contributed by atoms with Crippen LogP contribution in [-0.2, 0) is 16.4 Å². The minimum Gasteiger partial charge on any atom is -0.482 e. The number of aromatic amines is 1. The van der Waals surface area contributed by atoms with Gasteiger partial charge in [-0.05, 0) is 35.9 Å². The van der Waals surface area contributed by atoms with Gasteiger partial charge >= 0.3 is 0 Å². The molecule has 0 radical (unpaired) electrons. The van der Waals surface area contributed by atoms with Crippen LogP contribution in [0.25, 0.3) is 0 Å². The number of hydrogen-bond donors (Lipinski definition) is 2. The van der Waals surface area contributed by atoms with Crippen LogP contribution >= 0.6 is 23.2 Å². The van der Waals surface area contributed by atoms with Gasteiger partial charge in [0.1, 0.15) is 11.6 Å².